The van der Waals surface area contributed by atoms with Gasteiger partial charge in [0, 0.05) is 23.1 Å². The fourth-order valence-electron chi connectivity index (χ4n) is 6.46. The van der Waals surface area contributed by atoms with E-state index in [1.54, 1.807) is 21.9 Å². The lowest BCUT2D eigenvalue weighted by atomic mass is 9.71. The summed E-state index contributed by atoms with van der Waals surface area (Å²) in [4.78, 5) is 50.3. The topological polar surface area (TPSA) is 82.5 Å². The van der Waals surface area contributed by atoms with Crippen molar-refractivity contribution in [3.63, 3.8) is 0 Å². The van der Waals surface area contributed by atoms with Crippen LogP contribution in [0.3, 0.4) is 0 Å². The Kier molecular flexibility index (Phi) is 9.50. The minimum Gasteiger partial charge on any atom is -0.493 e. The maximum absolute atomic E-state index is 15.0. The number of amides is 3. The van der Waals surface area contributed by atoms with E-state index in [0.29, 0.717) is 33.8 Å². The van der Waals surface area contributed by atoms with Gasteiger partial charge in [-0.15, -0.1) is 0 Å². The molecule has 2 aliphatic heterocycles. The summed E-state index contributed by atoms with van der Waals surface area (Å²) in [5.74, 6) is 0.643. The predicted molar refractivity (Wildman–Crippen MR) is 187 cm³/mol. The van der Waals surface area contributed by atoms with Gasteiger partial charge in [-0.1, -0.05) is 74.3 Å². The fourth-order valence-corrected chi connectivity index (χ4v) is 6.72. The normalized spacial score (nSPS) is 21.6. The summed E-state index contributed by atoms with van der Waals surface area (Å²) in [5.41, 5.74) is 1.11. The Morgan fingerprint density at radius 3 is 2.04 bits per heavy atom. The van der Waals surface area contributed by atoms with Crippen LogP contribution >= 0.6 is 23.2 Å². The summed E-state index contributed by atoms with van der Waals surface area (Å²) in [6, 6.07) is 20.6. The second kappa shape index (κ2) is 13.0. The molecule has 3 amide bonds. The van der Waals surface area contributed by atoms with Crippen LogP contribution in [0.4, 0.5) is 4.79 Å². The van der Waals surface area contributed by atoms with Gasteiger partial charge in [-0.3, -0.25) is 19.5 Å². The van der Waals surface area contributed by atoms with E-state index in [2.05, 4.69) is 20.8 Å². The Labute approximate surface area is 287 Å². The third-order valence-electron chi connectivity index (χ3n) is 9.33. The van der Waals surface area contributed by atoms with Crippen LogP contribution in [0.25, 0.3) is 0 Å². The zero-order valence-electron chi connectivity index (χ0n) is 28.1. The Morgan fingerprint density at radius 2 is 1.51 bits per heavy atom. The molecular formula is C37H42Cl2N4O4. The largest absolute Gasteiger partial charge is 0.493 e. The highest BCUT2D eigenvalue weighted by molar-refractivity contribution is 6.30. The quantitative estimate of drug-likeness (QED) is 0.261. The molecule has 248 valence electrons. The van der Waals surface area contributed by atoms with E-state index in [0.717, 1.165) is 16.7 Å². The summed E-state index contributed by atoms with van der Waals surface area (Å²) in [6.45, 7) is 14.6. The van der Waals surface area contributed by atoms with Crippen LogP contribution in [0.5, 0.6) is 5.75 Å². The minimum absolute atomic E-state index is 0.0201. The van der Waals surface area contributed by atoms with Crippen LogP contribution in [-0.2, 0) is 26.1 Å². The van der Waals surface area contributed by atoms with Crippen molar-refractivity contribution in [3.8, 4) is 5.75 Å². The second-order valence-electron chi connectivity index (χ2n) is 13.5. The zero-order valence-corrected chi connectivity index (χ0v) is 29.6. The molecular weight excluding hydrogens is 635 g/mol. The monoisotopic (exact) mass is 676 g/mol. The lowest BCUT2D eigenvalue weighted by Crippen LogP contribution is -2.62. The van der Waals surface area contributed by atoms with Crippen molar-refractivity contribution in [1.82, 2.24) is 14.7 Å². The predicted octanol–water partition coefficient (Wildman–Crippen LogP) is 7.44. The molecule has 0 unspecified atom stereocenters. The van der Waals surface area contributed by atoms with E-state index >= 15 is 4.79 Å². The number of rotatable bonds is 7. The molecule has 3 aromatic carbocycles. The number of aliphatic imine (C=N–C) groups is 1. The number of nitrogens with zero attached hydrogens (tertiary/aromatic N) is 4. The van der Waals surface area contributed by atoms with Crippen LogP contribution in [0.2, 0.25) is 10.0 Å². The molecule has 0 N–H and O–H groups in total. The maximum atomic E-state index is 15.0. The van der Waals surface area contributed by atoms with Crippen molar-refractivity contribution in [1.29, 1.82) is 0 Å². The molecule has 5 rings (SSSR count). The van der Waals surface area contributed by atoms with Crippen molar-refractivity contribution in [2.24, 2.45) is 4.99 Å². The summed E-state index contributed by atoms with van der Waals surface area (Å²) in [5, 5.41) is 1.14. The molecule has 3 aromatic rings. The zero-order chi connectivity index (χ0) is 34.3. The molecule has 2 heterocycles. The number of piperazine rings is 1. The third-order valence-corrected chi connectivity index (χ3v) is 9.84. The number of urea groups is 1. The molecule has 0 aromatic heterocycles. The van der Waals surface area contributed by atoms with E-state index in [4.69, 9.17) is 32.9 Å². The molecule has 8 nitrogen and oxygen atoms in total. The van der Waals surface area contributed by atoms with Crippen LogP contribution in [-0.4, -0.2) is 71.0 Å². The first kappa shape index (κ1) is 34.5. The van der Waals surface area contributed by atoms with Crippen LogP contribution in [0, 0.1) is 0 Å². The van der Waals surface area contributed by atoms with Gasteiger partial charge in [0.25, 0.3) is 0 Å². The van der Waals surface area contributed by atoms with E-state index in [9.17, 15) is 9.59 Å². The highest BCUT2D eigenvalue weighted by Crippen LogP contribution is 2.54. The van der Waals surface area contributed by atoms with Gasteiger partial charge in [0.2, 0.25) is 5.91 Å². The molecule has 2 aliphatic rings. The molecule has 0 saturated carbocycles. The SMILES string of the molecule is CCOc1cc(C(C)(C)C)ccc1C1=N[C@@](C)(c2ccc(Cl)cc2)[C@@](C)(c2ccc(Cl)cc2)N1C(=O)N1CCN(CC(C)=O)C(=O)C1. The average Bonchev–Trinajstić information content (AvgIpc) is 3.26. The average molecular weight is 678 g/mol. The number of Topliss-reactive ketones (excluding diaryl/α,β-unsaturated/α-hetero) is 1. The van der Waals surface area contributed by atoms with Gasteiger partial charge in [0.05, 0.1) is 18.7 Å². The van der Waals surface area contributed by atoms with Crippen LogP contribution in [0.1, 0.15) is 70.7 Å². The smallest absolute Gasteiger partial charge is 0.327 e. The maximum Gasteiger partial charge on any atom is 0.327 e. The highest BCUT2D eigenvalue weighted by Gasteiger charge is 2.60. The molecule has 10 heteroatoms. The molecule has 1 fully saturated rings. The number of hydrogen-bond acceptors (Lipinski definition) is 5. The molecule has 0 aliphatic carbocycles. The molecule has 0 spiro atoms. The fraction of sp³-hybridized carbons (Fsp3) is 0.405. The molecule has 2 atom stereocenters. The Balaban J connectivity index is 1.75. The van der Waals surface area contributed by atoms with Gasteiger partial charge >= 0.3 is 6.03 Å². The number of carbonyl (C=O) groups is 3. The lowest BCUT2D eigenvalue weighted by Gasteiger charge is -2.47. The summed E-state index contributed by atoms with van der Waals surface area (Å²) < 4.78 is 6.25. The number of carbonyl (C=O) groups excluding carboxylic acids is 3. The first-order chi connectivity index (χ1) is 22.1. The summed E-state index contributed by atoms with van der Waals surface area (Å²) in [6.07, 6.45) is 0. The van der Waals surface area contributed by atoms with E-state index in [1.165, 1.54) is 11.8 Å². The number of ether oxygens (including phenoxy) is 1. The van der Waals surface area contributed by atoms with Crippen LogP contribution in [0.15, 0.2) is 71.7 Å². The van der Waals surface area contributed by atoms with Crippen molar-refractivity contribution < 1.29 is 19.1 Å². The van der Waals surface area contributed by atoms with E-state index in [-0.39, 0.29) is 49.3 Å². The van der Waals surface area contributed by atoms with Gasteiger partial charge in [-0.2, -0.15) is 0 Å². The standard InChI is InChI=1S/C37H42Cl2N4O4/c1-8-47-31-21-27(35(3,4)5)13-18-30(31)33-40-36(6,25-9-14-28(38)15-10-25)37(7,26-11-16-29(39)17-12-26)43(33)34(46)42-20-19-41(22-24(2)44)32(45)23-42/h9-18,21H,8,19-20,22-23H2,1-7H3/t36-,37+/m0/s1. The second-order valence-corrected chi connectivity index (χ2v) is 14.4. The van der Waals surface area contributed by atoms with Crippen molar-refractivity contribution in [3.05, 3.63) is 99.0 Å². The molecule has 0 radical (unpaired) electrons. The Hall–Kier alpha value is -3.88. The minimum atomic E-state index is -1.11. The molecule has 47 heavy (non-hydrogen) atoms. The lowest BCUT2D eigenvalue weighted by molar-refractivity contribution is -0.138. The van der Waals surface area contributed by atoms with Gasteiger partial charge in [-0.25, -0.2) is 4.79 Å². The van der Waals surface area contributed by atoms with E-state index in [1.807, 2.05) is 75.4 Å². The first-order valence-electron chi connectivity index (χ1n) is 15.9. The van der Waals surface area contributed by atoms with Crippen molar-refractivity contribution in [2.45, 2.75) is 65.0 Å². The van der Waals surface area contributed by atoms with Gasteiger partial charge < -0.3 is 14.5 Å². The van der Waals surface area contributed by atoms with Crippen LogP contribution < -0.4 is 4.74 Å². The van der Waals surface area contributed by atoms with E-state index < -0.39 is 11.1 Å². The van der Waals surface area contributed by atoms with Crippen molar-refractivity contribution in [2.75, 3.05) is 32.8 Å². The summed E-state index contributed by atoms with van der Waals surface area (Å²) in [7, 11) is 0. The number of halogens is 2. The van der Waals surface area contributed by atoms with Gasteiger partial charge in [-0.05, 0) is 86.2 Å². The third kappa shape index (κ3) is 6.38. The highest BCUT2D eigenvalue weighted by atomic mass is 35.5. The van der Waals surface area contributed by atoms with Gasteiger partial charge in [0.1, 0.15) is 35.0 Å². The van der Waals surface area contributed by atoms with Crippen molar-refractivity contribution >= 4 is 46.8 Å². The number of amidine groups is 1. The number of hydrogen-bond donors (Lipinski definition) is 0. The Morgan fingerprint density at radius 1 is 0.915 bits per heavy atom. The molecule has 1 saturated heterocycles. The Bertz CT molecular complexity index is 1720. The first-order valence-corrected chi connectivity index (χ1v) is 16.6. The number of benzene rings is 3. The molecule has 0 bridgehead atoms. The number of ketones is 1. The van der Waals surface area contributed by atoms with Gasteiger partial charge in [0.15, 0.2) is 0 Å². The summed E-state index contributed by atoms with van der Waals surface area (Å²) >= 11 is 12.7.